The molecule has 2 aliphatic rings. The number of aliphatic hydroxyl groups is 1. The lowest BCUT2D eigenvalue weighted by molar-refractivity contribution is -0.0695. The number of carbonyl (C=O) groups is 1. The SMILES string of the molecule is C[C@@H]1CC2(CCN1C(=O)OC(C)(C)C)OCC=C2O. The van der Waals surface area contributed by atoms with Gasteiger partial charge in [0.2, 0.25) is 0 Å². The quantitative estimate of drug-likeness (QED) is 0.734. The molecule has 1 N–H and O–H groups in total. The van der Waals surface area contributed by atoms with E-state index < -0.39 is 11.2 Å². The summed E-state index contributed by atoms with van der Waals surface area (Å²) in [5, 5.41) is 9.93. The molecule has 0 aliphatic carbocycles. The van der Waals surface area contributed by atoms with Crippen molar-refractivity contribution >= 4 is 6.09 Å². The standard InChI is InChI=1S/C14H23NO4/c1-10-9-14(11(16)5-8-18-14)6-7-15(10)12(17)19-13(2,3)4/h5,10,16H,6-9H2,1-4H3/t10-,14?/m1/s1. The molecule has 2 rings (SSSR count). The molecule has 2 heterocycles. The monoisotopic (exact) mass is 269 g/mol. The van der Waals surface area contributed by atoms with Crippen LogP contribution in [-0.2, 0) is 9.47 Å². The van der Waals surface area contributed by atoms with Crippen molar-refractivity contribution in [1.82, 2.24) is 4.90 Å². The summed E-state index contributed by atoms with van der Waals surface area (Å²) in [6, 6.07) is -0.0164. The van der Waals surface area contributed by atoms with Crippen molar-refractivity contribution in [1.29, 1.82) is 0 Å². The van der Waals surface area contributed by atoms with Gasteiger partial charge in [0, 0.05) is 25.4 Å². The van der Waals surface area contributed by atoms with E-state index in [2.05, 4.69) is 0 Å². The minimum Gasteiger partial charge on any atom is -0.509 e. The second-order valence-corrected chi connectivity index (χ2v) is 6.37. The van der Waals surface area contributed by atoms with E-state index in [-0.39, 0.29) is 12.1 Å². The lowest BCUT2D eigenvalue weighted by Gasteiger charge is -2.43. The van der Waals surface area contributed by atoms with Crippen LogP contribution in [0.5, 0.6) is 0 Å². The number of amides is 1. The highest BCUT2D eigenvalue weighted by atomic mass is 16.6. The lowest BCUT2D eigenvalue weighted by Crippen LogP contribution is -2.53. The molecule has 0 aromatic carbocycles. The average Bonchev–Trinajstić information content (AvgIpc) is 2.57. The summed E-state index contributed by atoms with van der Waals surface area (Å²) in [5.74, 6) is 0.309. The van der Waals surface area contributed by atoms with Crippen molar-refractivity contribution in [3.8, 4) is 0 Å². The van der Waals surface area contributed by atoms with E-state index in [0.717, 1.165) is 0 Å². The molecule has 1 saturated heterocycles. The number of piperidine rings is 1. The van der Waals surface area contributed by atoms with Crippen molar-refractivity contribution in [2.75, 3.05) is 13.2 Å². The normalized spacial score (nSPS) is 31.5. The Morgan fingerprint density at radius 3 is 2.74 bits per heavy atom. The first-order valence-corrected chi connectivity index (χ1v) is 6.77. The molecule has 19 heavy (non-hydrogen) atoms. The highest BCUT2D eigenvalue weighted by Crippen LogP contribution is 2.38. The third-order valence-electron chi connectivity index (χ3n) is 3.64. The summed E-state index contributed by atoms with van der Waals surface area (Å²) < 4.78 is 11.1. The maximum atomic E-state index is 12.1. The predicted molar refractivity (Wildman–Crippen MR) is 71.0 cm³/mol. The second-order valence-electron chi connectivity index (χ2n) is 6.37. The first-order valence-electron chi connectivity index (χ1n) is 6.77. The predicted octanol–water partition coefficient (Wildman–Crippen LogP) is 2.62. The molecule has 0 radical (unpaired) electrons. The van der Waals surface area contributed by atoms with E-state index in [4.69, 9.17) is 9.47 Å². The topological polar surface area (TPSA) is 59.0 Å². The minimum atomic E-state index is -0.585. The Labute approximate surface area is 114 Å². The van der Waals surface area contributed by atoms with Crippen LogP contribution in [0.15, 0.2) is 11.8 Å². The Bertz CT molecular complexity index is 399. The van der Waals surface area contributed by atoms with Crippen LogP contribution in [-0.4, -0.2) is 46.5 Å². The zero-order valence-corrected chi connectivity index (χ0v) is 12.1. The van der Waals surface area contributed by atoms with E-state index in [0.29, 0.717) is 31.8 Å². The molecule has 108 valence electrons. The number of aliphatic hydroxyl groups excluding tert-OH is 1. The van der Waals surface area contributed by atoms with Crippen LogP contribution >= 0.6 is 0 Å². The summed E-state index contributed by atoms with van der Waals surface area (Å²) >= 11 is 0. The van der Waals surface area contributed by atoms with Gasteiger partial charge in [-0.2, -0.15) is 0 Å². The van der Waals surface area contributed by atoms with Gasteiger partial charge in [0.25, 0.3) is 0 Å². The number of hydrogen-bond donors (Lipinski definition) is 1. The molecule has 0 bridgehead atoms. The molecule has 2 aliphatic heterocycles. The van der Waals surface area contributed by atoms with Gasteiger partial charge in [-0.05, 0) is 33.8 Å². The van der Waals surface area contributed by atoms with Crippen LogP contribution in [0.3, 0.4) is 0 Å². The van der Waals surface area contributed by atoms with E-state index >= 15 is 0 Å². The van der Waals surface area contributed by atoms with Crippen molar-refractivity contribution < 1.29 is 19.4 Å². The molecule has 1 unspecified atom stereocenters. The Hall–Kier alpha value is -1.23. The van der Waals surface area contributed by atoms with Crippen LogP contribution in [0.25, 0.3) is 0 Å². The summed E-state index contributed by atoms with van der Waals surface area (Å²) in [7, 11) is 0. The van der Waals surface area contributed by atoms with E-state index in [1.165, 1.54) is 0 Å². The van der Waals surface area contributed by atoms with Crippen molar-refractivity contribution in [2.45, 2.75) is 57.8 Å². The molecule has 5 heteroatoms. The van der Waals surface area contributed by atoms with Crippen LogP contribution in [0.2, 0.25) is 0 Å². The van der Waals surface area contributed by atoms with E-state index in [1.54, 1.807) is 11.0 Å². The zero-order valence-electron chi connectivity index (χ0n) is 12.1. The number of rotatable bonds is 0. The summed E-state index contributed by atoms with van der Waals surface area (Å²) in [6.07, 6.45) is 2.62. The third kappa shape index (κ3) is 2.86. The van der Waals surface area contributed by atoms with Gasteiger partial charge in [-0.3, -0.25) is 0 Å². The fourth-order valence-corrected chi connectivity index (χ4v) is 2.71. The summed E-state index contributed by atoms with van der Waals surface area (Å²) in [5.41, 5.74) is -1.07. The Morgan fingerprint density at radius 2 is 2.26 bits per heavy atom. The maximum Gasteiger partial charge on any atom is 0.410 e. The minimum absolute atomic E-state index is 0.0164. The van der Waals surface area contributed by atoms with Gasteiger partial charge >= 0.3 is 6.09 Å². The second kappa shape index (κ2) is 4.71. The molecular formula is C14H23NO4. The van der Waals surface area contributed by atoms with E-state index in [1.807, 2.05) is 27.7 Å². The number of hydrogen-bond acceptors (Lipinski definition) is 4. The smallest absolute Gasteiger partial charge is 0.410 e. The molecule has 5 nitrogen and oxygen atoms in total. The van der Waals surface area contributed by atoms with Gasteiger partial charge in [-0.15, -0.1) is 0 Å². The maximum absolute atomic E-state index is 12.1. The lowest BCUT2D eigenvalue weighted by atomic mass is 9.86. The first-order chi connectivity index (χ1) is 8.73. The molecule has 1 spiro atoms. The fourth-order valence-electron chi connectivity index (χ4n) is 2.71. The Balaban J connectivity index is 2.01. The van der Waals surface area contributed by atoms with Crippen LogP contribution < -0.4 is 0 Å². The van der Waals surface area contributed by atoms with Gasteiger partial charge in [0.1, 0.15) is 17.0 Å². The molecular weight excluding hydrogens is 246 g/mol. The number of likely N-dealkylation sites (tertiary alicyclic amines) is 1. The van der Waals surface area contributed by atoms with Gasteiger partial charge in [0.05, 0.1) is 6.61 Å². The molecule has 0 aromatic heterocycles. The Kier molecular flexibility index (Phi) is 3.51. The van der Waals surface area contributed by atoms with Gasteiger partial charge in [-0.25, -0.2) is 4.79 Å². The average molecular weight is 269 g/mol. The first kappa shape index (κ1) is 14.2. The molecule has 0 aromatic rings. The van der Waals surface area contributed by atoms with Crippen molar-refractivity contribution in [3.63, 3.8) is 0 Å². The number of ether oxygens (including phenoxy) is 2. The number of nitrogens with zero attached hydrogens (tertiary/aromatic N) is 1. The molecule has 1 fully saturated rings. The Morgan fingerprint density at radius 1 is 1.58 bits per heavy atom. The van der Waals surface area contributed by atoms with Crippen molar-refractivity contribution in [2.24, 2.45) is 0 Å². The van der Waals surface area contributed by atoms with E-state index in [9.17, 15) is 9.90 Å². The fraction of sp³-hybridized carbons (Fsp3) is 0.786. The third-order valence-corrected chi connectivity index (χ3v) is 3.64. The highest BCUT2D eigenvalue weighted by Gasteiger charge is 2.46. The van der Waals surface area contributed by atoms with Crippen LogP contribution in [0.1, 0.15) is 40.5 Å². The highest BCUT2D eigenvalue weighted by molar-refractivity contribution is 5.68. The largest absolute Gasteiger partial charge is 0.509 e. The number of carbonyl (C=O) groups excluding carboxylic acids is 1. The summed E-state index contributed by atoms with van der Waals surface area (Å²) in [6.45, 7) is 8.51. The van der Waals surface area contributed by atoms with Gasteiger partial charge < -0.3 is 19.5 Å². The summed E-state index contributed by atoms with van der Waals surface area (Å²) in [4.78, 5) is 13.8. The van der Waals surface area contributed by atoms with Gasteiger partial charge in [-0.1, -0.05) is 0 Å². The van der Waals surface area contributed by atoms with Crippen LogP contribution in [0.4, 0.5) is 4.79 Å². The molecule has 0 saturated carbocycles. The van der Waals surface area contributed by atoms with Crippen LogP contribution in [0, 0.1) is 0 Å². The molecule has 1 amide bonds. The van der Waals surface area contributed by atoms with Gasteiger partial charge in [0.15, 0.2) is 0 Å². The zero-order chi connectivity index (χ0) is 14.3. The van der Waals surface area contributed by atoms with Crippen molar-refractivity contribution in [3.05, 3.63) is 11.8 Å². The molecule has 2 atom stereocenters.